The maximum absolute atomic E-state index is 12.9. The fourth-order valence-electron chi connectivity index (χ4n) is 5.12. The molecule has 2 amide bonds. The number of amides is 2. The summed E-state index contributed by atoms with van der Waals surface area (Å²) in [4.78, 5) is 42.1. The second-order valence-corrected chi connectivity index (χ2v) is 10.2. The number of carbonyl (C=O) groups is 3. The summed E-state index contributed by atoms with van der Waals surface area (Å²) >= 11 is 0. The summed E-state index contributed by atoms with van der Waals surface area (Å²) in [7, 11) is 2.03. The van der Waals surface area contributed by atoms with Gasteiger partial charge >= 0.3 is 5.97 Å². The van der Waals surface area contributed by atoms with E-state index < -0.39 is 17.9 Å². The van der Waals surface area contributed by atoms with Crippen molar-refractivity contribution in [2.24, 2.45) is 18.2 Å². The lowest BCUT2D eigenvalue weighted by Crippen LogP contribution is -2.45. The number of aliphatic carboxylic acids is 1. The van der Waals surface area contributed by atoms with E-state index in [1.54, 1.807) is 6.07 Å². The van der Waals surface area contributed by atoms with Crippen LogP contribution in [0.15, 0.2) is 24.4 Å². The summed E-state index contributed by atoms with van der Waals surface area (Å²) < 4.78 is 2.11. The Morgan fingerprint density at radius 3 is 2.61 bits per heavy atom. The number of nitrogens with zero attached hydrogens (tertiary/aromatic N) is 3. The Morgan fingerprint density at radius 2 is 1.97 bits per heavy atom. The van der Waals surface area contributed by atoms with Gasteiger partial charge in [-0.25, -0.2) is 4.98 Å². The molecule has 1 atom stereocenters. The molecule has 2 aliphatic rings. The zero-order valence-electron chi connectivity index (χ0n) is 19.5. The smallest absolute Gasteiger partial charge is 0.303 e. The number of aryl methyl sites for hydroxylation is 1. The average Bonchev–Trinajstić information content (AvgIpc) is 3.28. The third-order valence-corrected chi connectivity index (χ3v) is 7.19. The number of fused-ring (bicyclic) bond motifs is 1. The lowest BCUT2D eigenvalue weighted by molar-refractivity contribution is -0.137. The van der Waals surface area contributed by atoms with Crippen LogP contribution in [-0.4, -0.2) is 43.4 Å². The van der Waals surface area contributed by atoms with Crippen molar-refractivity contribution in [3.8, 4) is 11.3 Å². The maximum Gasteiger partial charge on any atom is 0.303 e. The molecule has 0 spiro atoms. The number of hydrogen-bond acceptors (Lipinski definition) is 4. The van der Waals surface area contributed by atoms with Crippen molar-refractivity contribution in [1.82, 2.24) is 14.5 Å². The molecule has 1 fully saturated rings. The van der Waals surface area contributed by atoms with E-state index in [1.165, 1.54) is 17.7 Å². The van der Waals surface area contributed by atoms with Crippen LogP contribution in [0.1, 0.15) is 80.0 Å². The van der Waals surface area contributed by atoms with Gasteiger partial charge in [0.25, 0.3) is 5.91 Å². The molecule has 4 rings (SSSR count). The third-order valence-electron chi connectivity index (χ3n) is 7.19. The van der Waals surface area contributed by atoms with Gasteiger partial charge in [-0.1, -0.05) is 19.9 Å². The molecular formula is C25H32N4O4. The molecule has 1 saturated carbocycles. The molecule has 2 aromatic rings. The van der Waals surface area contributed by atoms with Crippen molar-refractivity contribution in [1.29, 1.82) is 0 Å². The van der Waals surface area contributed by atoms with E-state index in [-0.39, 0.29) is 25.3 Å². The average molecular weight is 453 g/mol. The monoisotopic (exact) mass is 452 g/mol. The van der Waals surface area contributed by atoms with Gasteiger partial charge in [-0.3, -0.25) is 14.4 Å². The summed E-state index contributed by atoms with van der Waals surface area (Å²) in [5.41, 5.74) is 8.99. The van der Waals surface area contributed by atoms with E-state index in [0.29, 0.717) is 16.9 Å². The molecule has 8 nitrogen and oxygen atoms in total. The van der Waals surface area contributed by atoms with Gasteiger partial charge in [0.15, 0.2) is 0 Å². The number of carbonyl (C=O) groups excluding carboxylic acids is 2. The minimum atomic E-state index is -1.03. The fraction of sp³-hybridized carbons (Fsp3) is 0.520. The molecule has 0 radical (unpaired) electrons. The lowest BCUT2D eigenvalue weighted by Gasteiger charge is -2.33. The predicted molar refractivity (Wildman–Crippen MR) is 123 cm³/mol. The number of imidazole rings is 1. The van der Waals surface area contributed by atoms with Gasteiger partial charge in [0, 0.05) is 43.3 Å². The van der Waals surface area contributed by atoms with Gasteiger partial charge in [0.2, 0.25) is 5.91 Å². The van der Waals surface area contributed by atoms with Crippen LogP contribution >= 0.6 is 0 Å². The molecule has 3 N–H and O–H groups in total. The van der Waals surface area contributed by atoms with Crippen LogP contribution < -0.4 is 5.73 Å². The van der Waals surface area contributed by atoms with Crippen LogP contribution in [0.3, 0.4) is 0 Å². The van der Waals surface area contributed by atoms with Crippen molar-refractivity contribution >= 4 is 17.8 Å². The van der Waals surface area contributed by atoms with Gasteiger partial charge < -0.3 is 20.3 Å². The van der Waals surface area contributed by atoms with Crippen molar-refractivity contribution in [3.05, 3.63) is 41.3 Å². The summed E-state index contributed by atoms with van der Waals surface area (Å²) in [6.07, 6.45) is 6.46. The highest BCUT2D eigenvalue weighted by Gasteiger charge is 2.36. The van der Waals surface area contributed by atoms with Crippen LogP contribution in [0.2, 0.25) is 0 Å². The maximum atomic E-state index is 12.9. The highest BCUT2D eigenvalue weighted by atomic mass is 16.4. The van der Waals surface area contributed by atoms with Crippen LogP contribution in [0.4, 0.5) is 0 Å². The van der Waals surface area contributed by atoms with Crippen LogP contribution in [0.5, 0.6) is 0 Å². The lowest BCUT2D eigenvalue weighted by atomic mass is 9.73. The number of rotatable bonds is 7. The standard InChI is InChI=1S/C25H32N4O4/c1-25(2)10-8-15(9-11-25)23-27-19(14-28(23)3)16-4-5-18-17(12-16)13-29(24(18)33)20(22(26)32)6-7-21(30)31/h4-5,12,14-15,20H,6-11,13H2,1-3H3,(H2,26,32)(H,30,31). The fourth-order valence-corrected chi connectivity index (χ4v) is 5.12. The van der Waals surface area contributed by atoms with E-state index in [0.717, 1.165) is 35.5 Å². The topological polar surface area (TPSA) is 119 Å². The largest absolute Gasteiger partial charge is 0.481 e. The first-order valence-corrected chi connectivity index (χ1v) is 11.5. The Hall–Kier alpha value is -3.16. The zero-order valence-corrected chi connectivity index (χ0v) is 19.5. The summed E-state index contributed by atoms with van der Waals surface area (Å²) in [6, 6.07) is 4.65. The van der Waals surface area contributed by atoms with Crippen LogP contribution in [0, 0.1) is 5.41 Å². The summed E-state index contributed by atoms with van der Waals surface area (Å²) in [5, 5.41) is 8.97. The molecule has 33 heavy (non-hydrogen) atoms. The van der Waals surface area contributed by atoms with Gasteiger partial charge in [-0.2, -0.15) is 0 Å². The number of aromatic nitrogens is 2. The molecule has 2 heterocycles. The normalized spacial score (nSPS) is 18.9. The SMILES string of the molecule is Cn1cc(-c2ccc3c(c2)CN(C(CCC(=O)O)C(N)=O)C3=O)nc1C1CCC(C)(C)CC1. The van der Waals surface area contributed by atoms with E-state index in [4.69, 9.17) is 15.8 Å². The Labute approximate surface area is 193 Å². The van der Waals surface area contributed by atoms with Gasteiger partial charge in [-0.05, 0) is 55.2 Å². The van der Waals surface area contributed by atoms with Crippen molar-refractivity contribution in [3.63, 3.8) is 0 Å². The molecule has 176 valence electrons. The van der Waals surface area contributed by atoms with Gasteiger partial charge in [-0.15, -0.1) is 0 Å². The zero-order chi connectivity index (χ0) is 23.9. The highest BCUT2D eigenvalue weighted by molar-refractivity contribution is 6.01. The first-order valence-electron chi connectivity index (χ1n) is 11.5. The summed E-state index contributed by atoms with van der Waals surface area (Å²) in [6.45, 7) is 4.88. The van der Waals surface area contributed by atoms with Gasteiger partial charge in [0.1, 0.15) is 11.9 Å². The Morgan fingerprint density at radius 1 is 1.27 bits per heavy atom. The quantitative estimate of drug-likeness (QED) is 0.667. The Bertz CT molecular complexity index is 1090. The minimum absolute atomic E-state index is 0.000945. The first kappa shape index (κ1) is 23.0. The van der Waals surface area contributed by atoms with Crippen LogP contribution in [0.25, 0.3) is 11.3 Å². The third kappa shape index (κ3) is 4.65. The molecule has 1 aromatic carbocycles. The van der Waals surface area contributed by atoms with Crippen LogP contribution in [-0.2, 0) is 23.2 Å². The van der Waals surface area contributed by atoms with E-state index >= 15 is 0 Å². The molecule has 1 unspecified atom stereocenters. The van der Waals surface area contributed by atoms with Crippen molar-refractivity contribution in [2.45, 2.75) is 70.9 Å². The molecule has 0 bridgehead atoms. The molecule has 8 heteroatoms. The van der Waals surface area contributed by atoms with E-state index in [9.17, 15) is 14.4 Å². The number of carboxylic acid groups (broad SMARTS) is 1. The predicted octanol–water partition coefficient (Wildman–Crippen LogP) is 3.45. The van der Waals surface area contributed by atoms with E-state index in [1.807, 2.05) is 25.4 Å². The summed E-state index contributed by atoms with van der Waals surface area (Å²) in [5.74, 6) is -0.463. The number of hydrogen-bond donors (Lipinski definition) is 2. The number of carboxylic acids is 1. The van der Waals surface area contributed by atoms with Gasteiger partial charge in [0.05, 0.1) is 5.69 Å². The molecule has 1 aromatic heterocycles. The van der Waals surface area contributed by atoms with E-state index in [2.05, 4.69) is 18.4 Å². The molecule has 0 saturated heterocycles. The second kappa shape index (κ2) is 8.65. The molecule has 1 aliphatic heterocycles. The second-order valence-electron chi connectivity index (χ2n) is 10.2. The minimum Gasteiger partial charge on any atom is -0.481 e. The number of benzene rings is 1. The Balaban J connectivity index is 1.55. The molecule has 1 aliphatic carbocycles. The first-order chi connectivity index (χ1) is 15.6. The van der Waals surface area contributed by atoms with Crippen molar-refractivity contribution in [2.75, 3.05) is 0 Å². The highest BCUT2D eigenvalue weighted by Crippen LogP contribution is 2.42. The number of primary amides is 1. The molecular weight excluding hydrogens is 420 g/mol. The Kier molecular flexibility index (Phi) is 6.03. The van der Waals surface area contributed by atoms with Crippen molar-refractivity contribution < 1.29 is 19.5 Å². The number of nitrogens with two attached hydrogens (primary N) is 1.